The number of nitrogens with zero attached hydrogens (tertiary/aromatic N) is 1. The molecule has 0 fully saturated rings. The molecule has 5 aromatic carbocycles. The summed E-state index contributed by atoms with van der Waals surface area (Å²) >= 11 is 1.36. The predicted molar refractivity (Wildman–Crippen MR) is 195 cm³/mol. The van der Waals surface area contributed by atoms with E-state index in [1.807, 2.05) is 36.4 Å². The van der Waals surface area contributed by atoms with Crippen LogP contribution >= 0.6 is 11.8 Å². The summed E-state index contributed by atoms with van der Waals surface area (Å²) in [4.78, 5) is 44.6. The highest BCUT2D eigenvalue weighted by atomic mass is 32.2. The minimum absolute atomic E-state index is 0.00223. The highest BCUT2D eigenvalue weighted by Gasteiger charge is 2.18. The Morgan fingerprint density at radius 2 is 1.46 bits per heavy atom. The molecular weight excluding hydrogens is 653 g/mol. The Morgan fingerprint density at radius 3 is 2.18 bits per heavy atom. The van der Waals surface area contributed by atoms with Crippen molar-refractivity contribution >= 4 is 58.0 Å². The van der Waals surface area contributed by atoms with E-state index in [-0.39, 0.29) is 17.4 Å². The molecule has 0 aliphatic carbocycles. The van der Waals surface area contributed by atoms with Gasteiger partial charge in [-0.2, -0.15) is 0 Å². The number of amides is 3. The smallest absolute Gasteiger partial charge is 0.272 e. The number of methoxy groups -OCH3 is 2. The molecule has 0 bridgehead atoms. The van der Waals surface area contributed by atoms with Crippen molar-refractivity contribution in [1.82, 2.24) is 10.3 Å². The van der Waals surface area contributed by atoms with Crippen molar-refractivity contribution < 1.29 is 28.3 Å². The lowest BCUT2D eigenvalue weighted by Gasteiger charge is -2.14. The van der Waals surface area contributed by atoms with Gasteiger partial charge in [0.15, 0.2) is 17.1 Å². The number of thioether (sulfide) groups is 1. The minimum atomic E-state index is -0.541. The highest BCUT2D eigenvalue weighted by Crippen LogP contribution is 2.32. The van der Waals surface area contributed by atoms with Gasteiger partial charge < -0.3 is 29.8 Å². The van der Waals surface area contributed by atoms with Crippen LogP contribution in [0.3, 0.4) is 0 Å². The fourth-order valence-electron chi connectivity index (χ4n) is 4.99. The lowest BCUT2D eigenvalue weighted by atomic mass is 10.1. The van der Waals surface area contributed by atoms with Crippen LogP contribution in [0.5, 0.6) is 11.5 Å². The summed E-state index contributed by atoms with van der Waals surface area (Å²) in [6.07, 6.45) is 1.53. The first kappa shape index (κ1) is 33.6. The molecule has 50 heavy (non-hydrogen) atoms. The molecule has 11 heteroatoms. The second-order valence-electron chi connectivity index (χ2n) is 10.8. The fraction of sp³-hybridized carbons (Fsp3) is 0.0769. The first-order valence-electron chi connectivity index (χ1n) is 15.5. The molecule has 6 rings (SSSR count). The van der Waals surface area contributed by atoms with Crippen LogP contribution in [0.4, 0.5) is 11.4 Å². The second kappa shape index (κ2) is 15.7. The average molecular weight is 685 g/mol. The fourth-order valence-corrected chi connectivity index (χ4v) is 5.69. The third kappa shape index (κ3) is 8.20. The van der Waals surface area contributed by atoms with Crippen LogP contribution in [0.15, 0.2) is 136 Å². The summed E-state index contributed by atoms with van der Waals surface area (Å²) < 4.78 is 16.7. The van der Waals surface area contributed by atoms with Crippen molar-refractivity contribution in [2.45, 2.75) is 4.90 Å². The number of aromatic nitrogens is 1. The van der Waals surface area contributed by atoms with Gasteiger partial charge in [0.2, 0.25) is 11.8 Å². The lowest BCUT2D eigenvalue weighted by molar-refractivity contribution is -0.114. The van der Waals surface area contributed by atoms with Crippen LogP contribution in [-0.4, -0.2) is 42.7 Å². The van der Waals surface area contributed by atoms with Crippen LogP contribution < -0.4 is 25.4 Å². The molecule has 1 heterocycles. The quantitative estimate of drug-likeness (QED) is 0.0885. The summed E-state index contributed by atoms with van der Waals surface area (Å²) in [7, 11) is 3.02. The molecule has 250 valence electrons. The zero-order valence-electron chi connectivity index (χ0n) is 27.1. The largest absolute Gasteiger partial charge is 0.493 e. The summed E-state index contributed by atoms with van der Waals surface area (Å²) in [6.45, 7) is 0. The Hall–Kier alpha value is -6.33. The summed E-state index contributed by atoms with van der Waals surface area (Å²) in [5, 5.41) is 8.47. The van der Waals surface area contributed by atoms with Gasteiger partial charge in [0.25, 0.3) is 11.8 Å². The van der Waals surface area contributed by atoms with Gasteiger partial charge in [0, 0.05) is 33.0 Å². The van der Waals surface area contributed by atoms with E-state index in [0.717, 1.165) is 16.0 Å². The number of fused-ring (bicyclic) bond motifs is 1. The molecule has 1 aromatic heterocycles. The van der Waals surface area contributed by atoms with Crippen molar-refractivity contribution in [3.8, 4) is 23.0 Å². The topological polar surface area (TPSA) is 132 Å². The maximum Gasteiger partial charge on any atom is 0.272 e. The molecule has 6 aromatic rings. The third-order valence-electron chi connectivity index (χ3n) is 7.45. The van der Waals surface area contributed by atoms with Gasteiger partial charge in [0.1, 0.15) is 11.2 Å². The zero-order chi connectivity index (χ0) is 34.9. The number of carbonyl (C=O) groups excluding carboxylic acids is 3. The lowest BCUT2D eigenvalue weighted by Crippen LogP contribution is -2.30. The van der Waals surface area contributed by atoms with Crippen molar-refractivity contribution in [3.05, 3.63) is 138 Å². The number of benzene rings is 5. The molecule has 0 radical (unpaired) electrons. The van der Waals surface area contributed by atoms with Gasteiger partial charge in [-0.1, -0.05) is 42.5 Å². The second-order valence-corrected chi connectivity index (χ2v) is 11.9. The number of carbonyl (C=O) groups is 3. The van der Waals surface area contributed by atoms with Crippen LogP contribution in [0.2, 0.25) is 0 Å². The molecule has 0 saturated carbocycles. The number of anilines is 2. The molecule has 0 saturated heterocycles. The number of nitrogens with one attached hydrogen (secondary N) is 3. The molecule has 10 nitrogen and oxygen atoms in total. The standard InChI is InChI=1S/C39H32N4O6S/c1-47-34-14-8-11-27(36(34)48-2)23-32(42-37(45)25-9-4-3-5-10-25)38(46)41-29-19-21-30(22-20-29)50-24-35(44)40-28-17-15-26(16-18-28)39-43-31-12-6-7-13-33(31)49-39/h3-23H,24H2,1-2H3,(H,40,44)(H,41,46)(H,42,45)/b32-23-. The summed E-state index contributed by atoms with van der Waals surface area (Å²) in [5.74, 6) is 0.432. The van der Waals surface area contributed by atoms with Crippen molar-refractivity contribution in [2.24, 2.45) is 0 Å². The SMILES string of the molecule is COc1cccc(/C=C(\NC(=O)c2ccccc2)C(=O)Nc2ccc(SCC(=O)Nc3ccc(-c4nc5ccccc5o4)cc3)cc2)c1OC. The van der Waals surface area contributed by atoms with Crippen molar-refractivity contribution in [3.63, 3.8) is 0 Å². The van der Waals surface area contributed by atoms with Gasteiger partial charge in [-0.15, -0.1) is 11.8 Å². The Bertz CT molecular complexity index is 2130. The number of para-hydroxylation sites is 3. The first-order valence-corrected chi connectivity index (χ1v) is 16.5. The van der Waals surface area contributed by atoms with Crippen molar-refractivity contribution in [2.75, 3.05) is 30.6 Å². The van der Waals surface area contributed by atoms with E-state index in [1.54, 1.807) is 84.9 Å². The summed E-state index contributed by atoms with van der Waals surface area (Å²) in [5.41, 5.74) is 4.40. The van der Waals surface area contributed by atoms with Crippen LogP contribution in [0.25, 0.3) is 28.6 Å². The number of oxazole rings is 1. The first-order chi connectivity index (χ1) is 24.4. The predicted octanol–water partition coefficient (Wildman–Crippen LogP) is 7.65. The molecule has 3 amide bonds. The molecule has 0 atom stereocenters. The van der Waals surface area contributed by atoms with Gasteiger partial charge >= 0.3 is 0 Å². The summed E-state index contributed by atoms with van der Waals surface area (Å²) in [6, 6.07) is 35.8. The van der Waals surface area contributed by atoms with Gasteiger partial charge in [-0.05, 0) is 84.9 Å². The Balaban J connectivity index is 1.07. The maximum absolute atomic E-state index is 13.5. The van der Waals surface area contributed by atoms with Crippen LogP contribution in [0.1, 0.15) is 15.9 Å². The molecule has 0 spiro atoms. The van der Waals surface area contributed by atoms with Crippen LogP contribution in [-0.2, 0) is 9.59 Å². The maximum atomic E-state index is 13.5. The minimum Gasteiger partial charge on any atom is -0.493 e. The Morgan fingerprint density at radius 1 is 0.760 bits per heavy atom. The van der Waals surface area contributed by atoms with E-state index in [4.69, 9.17) is 13.9 Å². The van der Waals surface area contributed by atoms with Crippen molar-refractivity contribution in [1.29, 1.82) is 0 Å². The number of rotatable bonds is 12. The molecular formula is C39H32N4O6S. The Labute approximate surface area is 292 Å². The van der Waals surface area contributed by atoms with E-state index < -0.39 is 11.8 Å². The number of ether oxygens (including phenoxy) is 2. The van der Waals surface area contributed by atoms with E-state index in [1.165, 1.54) is 32.1 Å². The van der Waals surface area contributed by atoms with Gasteiger partial charge in [-0.3, -0.25) is 14.4 Å². The van der Waals surface area contributed by atoms with Gasteiger partial charge in [-0.25, -0.2) is 4.98 Å². The zero-order valence-corrected chi connectivity index (χ0v) is 28.0. The number of hydrogen-bond acceptors (Lipinski definition) is 8. The van der Waals surface area contributed by atoms with E-state index >= 15 is 0 Å². The van der Waals surface area contributed by atoms with Gasteiger partial charge in [0.05, 0.1) is 20.0 Å². The van der Waals surface area contributed by atoms with E-state index in [0.29, 0.717) is 45.5 Å². The average Bonchev–Trinajstić information content (AvgIpc) is 3.59. The van der Waals surface area contributed by atoms with E-state index in [2.05, 4.69) is 20.9 Å². The Kier molecular flexibility index (Phi) is 10.5. The van der Waals surface area contributed by atoms with E-state index in [9.17, 15) is 14.4 Å². The molecule has 0 aliphatic heterocycles. The number of hydrogen-bond donors (Lipinski definition) is 3. The molecule has 0 aliphatic rings. The van der Waals surface area contributed by atoms with Crippen LogP contribution in [0, 0.1) is 0 Å². The molecule has 3 N–H and O–H groups in total. The highest BCUT2D eigenvalue weighted by molar-refractivity contribution is 8.00. The monoisotopic (exact) mass is 684 g/mol. The normalized spacial score (nSPS) is 11.1. The third-order valence-corrected chi connectivity index (χ3v) is 8.47. The molecule has 0 unspecified atom stereocenters.